The van der Waals surface area contributed by atoms with E-state index in [-0.39, 0.29) is 66.1 Å². The van der Waals surface area contributed by atoms with Crippen LogP contribution >= 0.6 is 0 Å². The second-order valence-corrected chi connectivity index (χ2v) is 0. The monoisotopic (exact) mass is 103 g/mol. The average Bonchev–Trinajstić information content (AvgIpc) is 0. The smallest absolute Gasteiger partial charge is 0.412 e. The molecule has 2 nitrogen and oxygen atoms in total. The van der Waals surface area contributed by atoms with E-state index >= 15 is 0 Å². The van der Waals surface area contributed by atoms with Crippen LogP contribution in [0.5, 0.6) is 0 Å². The van der Waals surface area contributed by atoms with E-state index in [0.717, 1.165) is 0 Å². The van der Waals surface area contributed by atoms with Crippen molar-refractivity contribution in [3.63, 3.8) is 0 Å². The Balaban J connectivity index is 0. The van der Waals surface area contributed by atoms with Crippen molar-refractivity contribution in [2.24, 2.45) is 0 Å². The molecule has 0 radical (unpaired) electrons. The SMILES string of the molecule is O.O.[Al+3].[Ca+2]. The number of rotatable bonds is 0. The summed E-state index contributed by atoms with van der Waals surface area (Å²) in [7, 11) is 0. The molecule has 16 valence electrons. The van der Waals surface area contributed by atoms with E-state index in [9.17, 15) is 0 Å². The van der Waals surface area contributed by atoms with Gasteiger partial charge in [-0.15, -0.1) is 0 Å². The van der Waals surface area contributed by atoms with Crippen molar-refractivity contribution < 1.29 is 11.0 Å². The van der Waals surface area contributed by atoms with E-state index < -0.39 is 0 Å². The number of hydrogen-bond acceptors (Lipinski definition) is 0. The van der Waals surface area contributed by atoms with Crippen LogP contribution in [-0.2, 0) is 0 Å². The zero-order chi connectivity index (χ0) is 0. The van der Waals surface area contributed by atoms with Crippen LogP contribution in [0.25, 0.3) is 0 Å². The molecule has 0 aromatic rings. The van der Waals surface area contributed by atoms with E-state index in [0.29, 0.717) is 0 Å². The van der Waals surface area contributed by atoms with Crippen molar-refractivity contribution in [2.45, 2.75) is 0 Å². The molecule has 0 atom stereocenters. The summed E-state index contributed by atoms with van der Waals surface area (Å²) in [5.41, 5.74) is 0. The molecule has 0 aliphatic carbocycles. The van der Waals surface area contributed by atoms with E-state index in [2.05, 4.69) is 0 Å². The Morgan fingerprint density at radius 3 is 0.750 bits per heavy atom. The summed E-state index contributed by atoms with van der Waals surface area (Å²) < 4.78 is 0. The Bertz CT molecular complexity index is 6.00. The Morgan fingerprint density at radius 2 is 0.750 bits per heavy atom. The molecule has 0 bridgehead atoms. The largest absolute Gasteiger partial charge is 3.00 e. The van der Waals surface area contributed by atoms with Gasteiger partial charge in [-0.3, -0.25) is 0 Å². The minimum absolute atomic E-state index is 0. The summed E-state index contributed by atoms with van der Waals surface area (Å²) in [6, 6.07) is 0. The maximum absolute atomic E-state index is 0. The Kier molecular flexibility index (Phi) is 240. The van der Waals surface area contributed by atoms with Gasteiger partial charge in [-0.1, -0.05) is 0 Å². The van der Waals surface area contributed by atoms with Crippen molar-refractivity contribution in [3.8, 4) is 0 Å². The molecule has 0 aliphatic heterocycles. The van der Waals surface area contributed by atoms with Crippen LogP contribution in [0.2, 0.25) is 0 Å². The summed E-state index contributed by atoms with van der Waals surface area (Å²) >= 11 is 0. The third-order valence-corrected chi connectivity index (χ3v) is 0. The molecule has 0 unspecified atom stereocenters. The van der Waals surface area contributed by atoms with Crippen molar-refractivity contribution >= 4 is 55.1 Å². The van der Waals surface area contributed by atoms with Crippen LogP contribution in [0.15, 0.2) is 0 Å². The predicted molar refractivity (Wildman–Crippen MR) is 18.7 cm³/mol. The van der Waals surface area contributed by atoms with Crippen LogP contribution < -0.4 is 0 Å². The van der Waals surface area contributed by atoms with E-state index in [1.165, 1.54) is 0 Å². The van der Waals surface area contributed by atoms with Gasteiger partial charge < -0.3 is 11.0 Å². The van der Waals surface area contributed by atoms with Gasteiger partial charge in [-0.05, 0) is 0 Å². The summed E-state index contributed by atoms with van der Waals surface area (Å²) in [6.45, 7) is 0. The third kappa shape index (κ3) is 9.31. The van der Waals surface area contributed by atoms with Crippen LogP contribution in [0.3, 0.4) is 0 Å². The van der Waals surface area contributed by atoms with Crippen LogP contribution in [0.1, 0.15) is 0 Å². The summed E-state index contributed by atoms with van der Waals surface area (Å²) in [6.07, 6.45) is 0. The molecule has 0 spiro atoms. The normalized spacial score (nSPS) is 0. The van der Waals surface area contributed by atoms with E-state index in [1.807, 2.05) is 0 Å². The fourth-order valence-electron chi connectivity index (χ4n) is 0. The molecule has 0 aliphatic rings. The molecule has 4 N–H and O–H groups in total. The van der Waals surface area contributed by atoms with E-state index in [1.54, 1.807) is 0 Å². The van der Waals surface area contributed by atoms with Gasteiger partial charge in [0.05, 0.1) is 0 Å². The Labute approximate surface area is 65.3 Å². The molecule has 0 amide bonds. The van der Waals surface area contributed by atoms with Gasteiger partial charge >= 0.3 is 55.1 Å². The van der Waals surface area contributed by atoms with E-state index in [4.69, 9.17) is 0 Å². The zero-order valence-corrected chi connectivity index (χ0v) is 5.65. The van der Waals surface area contributed by atoms with Crippen molar-refractivity contribution in [1.29, 1.82) is 0 Å². The fraction of sp³-hybridized carbons (Fsp3) is 0. The quantitative estimate of drug-likeness (QED) is 0.306. The van der Waals surface area contributed by atoms with Gasteiger partial charge in [-0.25, -0.2) is 0 Å². The molecule has 0 heterocycles. The molecule has 0 fully saturated rings. The van der Waals surface area contributed by atoms with Crippen molar-refractivity contribution in [3.05, 3.63) is 0 Å². The molecule has 0 aromatic heterocycles. The first kappa shape index (κ1) is 43.3. The molecule has 0 saturated heterocycles. The Hall–Kier alpha value is 1.71. The van der Waals surface area contributed by atoms with Crippen LogP contribution in [-0.4, -0.2) is 66.1 Å². The molecular formula is H4AlCaO2+5. The molecule has 4 heavy (non-hydrogen) atoms. The van der Waals surface area contributed by atoms with Gasteiger partial charge in [0.1, 0.15) is 0 Å². The summed E-state index contributed by atoms with van der Waals surface area (Å²) in [5, 5.41) is 0. The Morgan fingerprint density at radius 1 is 0.750 bits per heavy atom. The predicted octanol–water partition coefficient (Wildman–Crippen LogP) is -2.41. The molecule has 4 heteroatoms. The zero-order valence-electron chi connectivity index (χ0n) is 2.28. The van der Waals surface area contributed by atoms with Gasteiger partial charge in [0.25, 0.3) is 0 Å². The van der Waals surface area contributed by atoms with Crippen molar-refractivity contribution in [1.82, 2.24) is 0 Å². The molecule has 0 saturated carbocycles. The standard InChI is InChI=1S/Al.Ca.2H2O/h;;2*1H2/q+3;+2;;. The summed E-state index contributed by atoms with van der Waals surface area (Å²) in [4.78, 5) is 0. The topological polar surface area (TPSA) is 63.0 Å². The first-order valence-electron chi connectivity index (χ1n) is 0. The number of hydrogen-bond donors (Lipinski definition) is 0. The maximum Gasteiger partial charge on any atom is 3.00 e. The van der Waals surface area contributed by atoms with Gasteiger partial charge in [0, 0.05) is 0 Å². The van der Waals surface area contributed by atoms with Crippen LogP contribution in [0, 0.1) is 0 Å². The molecule has 0 rings (SSSR count). The second-order valence-electron chi connectivity index (χ2n) is 0. The molecular weight excluding hydrogens is 99.1 g/mol. The fourth-order valence-corrected chi connectivity index (χ4v) is 0. The molecule has 0 aromatic carbocycles. The third-order valence-electron chi connectivity index (χ3n) is 0. The summed E-state index contributed by atoms with van der Waals surface area (Å²) in [5.74, 6) is 0. The minimum atomic E-state index is 0. The van der Waals surface area contributed by atoms with Crippen molar-refractivity contribution in [2.75, 3.05) is 0 Å². The minimum Gasteiger partial charge on any atom is -0.412 e. The first-order valence-corrected chi connectivity index (χ1v) is 0. The van der Waals surface area contributed by atoms with Gasteiger partial charge in [-0.2, -0.15) is 0 Å². The maximum atomic E-state index is 0. The van der Waals surface area contributed by atoms with Gasteiger partial charge in [0.2, 0.25) is 0 Å². The first-order chi connectivity index (χ1) is 0. The average molecular weight is 103 g/mol. The second kappa shape index (κ2) is 22.2. The van der Waals surface area contributed by atoms with Gasteiger partial charge in [0.15, 0.2) is 0 Å². The van der Waals surface area contributed by atoms with Crippen LogP contribution in [0.4, 0.5) is 0 Å².